The Morgan fingerprint density at radius 3 is 2.58 bits per heavy atom. The van der Waals surface area contributed by atoms with E-state index in [1.165, 1.54) is 13.0 Å². The van der Waals surface area contributed by atoms with Crippen molar-refractivity contribution in [2.45, 2.75) is 57.0 Å². The van der Waals surface area contributed by atoms with Crippen LogP contribution < -0.4 is 15.4 Å². The van der Waals surface area contributed by atoms with Gasteiger partial charge in [-0.2, -0.15) is 17.9 Å². The second-order valence-corrected chi connectivity index (χ2v) is 10.1. The summed E-state index contributed by atoms with van der Waals surface area (Å²) in [6.07, 6.45) is -2.10. The molecule has 2 atom stereocenters. The van der Waals surface area contributed by atoms with E-state index >= 15 is 0 Å². The number of amides is 2. The minimum atomic E-state index is -4.71. The Balaban J connectivity index is 1.37. The number of piperidine rings is 1. The molecule has 0 radical (unpaired) electrons. The van der Waals surface area contributed by atoms with E-state index in [-0.39, 0.29) is 42.1 Å². The van der Waals surface area contributed by atoms with Crippen LogP contribution >= 0.6 is 0 Å². The third kappa shape index (κ3) is 6.58. The maximum Gasteiger partial charge on any atom is 0.453 e. The Hall–Kier alpha value is -4.00. The normalized spacial score (nSPS) is 19.4. The molecule has 1 aromatic heterocycles. The minimum Gasteiger partial charge on any atom is -0.490 e. The summed E-state index contributed by atoms with van der Waals surface area (Å²) in [6, 6.07) is 14.6. The molecular weight excluding hydrogens is 527 g/mol. The first-order chi connectivity index (χ1) is 19.2. The van der Waals surface area contributed by atoms with Gasteiger partial charge >= 0.3 is 6.18 Å². The monoisotopic (exact) mass is 557 g/mol. The zero-order chi connectivity index (χ0) is 28.3. The number of benzene rings is 2. The highest BCUT2D eigenvalue weighted by molar-refractivity contribution is 5.83. The van der Waals surface area contributed by atoms with Gasteiger partial charge in [0.05, 0.1) is 18.3 Å². The number of carbonyl (C=O) groups is 2. The summed E-state index contributed by atoms with van der Waals surface area (Å²) < 4.78 is 47.1. The number of nitrogens with zero attached hydrogens (tertiary/aromatic N) is 5. The lowest BCUT2D eigenvalue weighted by Gasteiger charge is -2.39. The Morgan fingerprint density at radius 1 is 1.10 bits per heavy atom. The first kappa shape index (κ1) is 27.6. The molecule has 13 heteroatoms. The number of tetrazole rings is 1. The molecule has 2 aliphatic rings. The Bertz CT molecular complexity index is 1340. The van der Waals surface area contributed by atoms with Crippen molar-refractivity contribution in [3.63, 3.8) is 0 Å². The van der Waals surface area contributed by atoms with Crippen molar-refractivity contribution in [2.75, 3.05) is 19.6 Å². The molecule has 1 aliphatic carbocycles. The summed E-state index contributed by atoms with van der Waals surface area (Å²) in [5.74, 6) is -1.06. The number of aromatic nitrogens is 4. The highest BCUT2D eigenvalue weighted by atomic mass is 19.4. The van der Waals surface area contributed by atoms with Crippen molar-refractivity contribution in [1.29, 1.82) is 0 Å². The molecular formula is C27H30F3N7O3. The zero-order valence-corrected chi connectivity index (χ0v) is 21.9. The number of ether oxygens (including phenoxy) is 1. The van der Waals surface area contributed by atoms with Gasteiger partial charge in [0, 0.05) is 44.1 Å². The Morgan fingerprint density at radius 2 is 1.88 bits per heavy atom. The zero-order valence-electron chi connectivity index (χ0n) is 21.9. The fraction of sp³-hybridized carbons (Fsp3) is 0.444. The lowest BCUT2D eigenvalue weighted by Crippen LogP contribution is -2.51. The number of carbonyl (C=O) groups excluding carboxylic acids is 2. The molecule has 3 aromatic rings. The van der Waals surface area contributed by atoms with Gasteiger partial charge in [-0.15, -0.1) is 5.10 Å². The van der Waals surface area contributed by atoms with E-state index in [1.54, 1.807) is 17.0 Å². The summed E-state index contributed by atoms with van der Waals surface area (Å²) in [4.78, 5) is 25.8. The summed E-state index contributed by atoms with van der Waals surface area (Å²) in [6.45, 7) is 2.61. The van der Waals surface area contributed by atoms with Crippen molar-refractivity contribution in [3.05, 3.63) is 65.5 Å². The molecule has 40 heavy (non-hydrogen) atoms. The Kier molecular flexibility index (Phi) is 8.01. The van der Waals surface area contributed by atoms with Crippen LogP contribution in [-0.2, 0) is 22.3 Å². The molecule has 2 fully saturated rings. The van der Waals surface area contributed by atoms with Crippen molar-refractivity contribution >= 4 is 11.8 Å². The molecule has 2 aromatic carbocycles. The Labute approximate surface area is 228 Å². The molecule has 10 nitrogen and oxygen atoms in total. The highest BCUT2D eigenvalue weighted by Gasteiger charge is 2.39. The summed E-state index contributed by atoms with van der Waals surface area (Å²) >= 11 is 0. The topological polar surface area (TPSA) is 114 Å². The van der Waals surface area contributed by atoms with Gasteiger partial charge < -0.3 is 20.3 Å². The molecule has 2 heterocycles. The van der Waals surface area contributed by atoms with Crippen molar-refractivity contribution in [1.82, 2.24) is 35.7 Å². The largest absolute Gasteiger partial charge is 0.490 e. The van der Waals surface area contributed by atoms with Crippen molar-refractivity contribution < 1.29 is 27.5 Å². The fourth-order valence-corrected chi connectivity index (χ4v) is 4.87. The van der Waals surface area contributed by atoms with E-state index in [9.17, 15) is 22.8 Å². The van der Waals surface area contributed by atoms with E-state index in [0.29, 0.717) is 42.0 Å². The van der Waals surface area contributed by atoms with E-state index in [1.807, 2.05) is 30.3 Å². The van der Waals surface area contributed by atoms with E-state index in [2.05, 4.69) is 26.2 Å². The standard InChI is InChI=1S/C27H30F3N7O3/c1-17(38)31-15-25(39)36-12-11-23(22(16-36)18-5-3-2-4-6-18)32-14-19-13-20(7-10-24(19)40-21-8-9-21)37-26(27(28,29)30)33-34-35-37/h2-7,10,13,21-23,32H,8-9,11-12,14-16H2,1H3,(H,31,38)/t22-,23-/m0/s1. The van der Waals surface area contributed by atoms with Gasteiger partial charge in [0.25, 0.3) is 5.82 Å². The molecule has 212 valence electrons. The summed E-state index contributed by atoms with van der Waals surface area (Å²) in [5, 5.41) is 16.1. The number of nitrogens with one attached hydrogen (secondary N) is 2. The molecule has 2 amide bonds. The van der Waals surface area contributed by atoms with Crippen LogP contribution in [0.25, 0.3) is 5.69 Å². The van der Waals surface area contributed by atoms with Gasteiger partial charge in [-0.25, -0.2) is 0 Å². The van der Waals surface area contributed by atoms with Crippen LogP contribution in [0.4, 0.5) is 13.2 Å². The highest BCUT2D eigenvalue weighted by Crippen LogP contribution is 2.34. The van der Waals surface area contributed by atoms with Gasteiger partial charge in [-0.05, 0) is 53.5 Å². The second kappa shape index (κ2) is 11.6. The van der Waals surface area contributed by atoms with Crippen LogP contribution in [-0.4, -0.2) is 68.7 Å². The lowest BCUT2D eigenvalue weighted by atomic mass is 9.85. The number of likely N-dealkylation sites (tertiary alicyclic amines) is 1. The number of alkyl halides is 3. The summed E-state index contributed by atoms with van der Waals surface area (Å²) in [5.41, 5.74) is 1.92. The summed E-state index contributed by atoms with van der Waals surface area (Å²) in [7, 11) is 0. The van der Waals surface area contributed by atoms with Crippen molar-refractivity contribution in [2.24, 2.45) is 0 Å². The molecule has 1 saturated heterocycles. The number of hydrogen-bond acceptors (Lipinski definition) is 7. The molecule has 1 aliphatic heterocycles. The molecule has 2 N–H and O–H groups in total. The maximum atomic E-state index is 13.4. The van der Waals surface area contributed by atoms with Crippen LogP contribution in [0.3, 0.4) is 0 Å². The van der Waals surface area contributed by atoms with E-state index < -0.39 is 12.0 Å². The number of hydrogen-bond donors (Lipinski definition) is 2. The minimum absolute atomic E-state index is 0.0246. The maximum absolute atomic E-state index is 13.4. The smallest absolute Gasteiger partial charge is 0.453 e. The molecule has 1 saturated carbocycles. The SMILES string of the molecule is CC(=O)NCC(=O)N1CC[C@H](NCc2cc(-n3nnnc3C(F)(F)F)ccc2OC2CC2)[C@H](c2ccccc2)C1. The lowest BCUT2D eigenvalue weighted by molar-refractivity contribution is -0.146. The van der Waals surface area contributed by atoms with Crippen LogP contribution in [0.1, 0.15) is 49.1 Å². The number of halogens is 3. The first-order valence-corrected chi connectivity index (χ1v) is 13.1. The third-order valence-corrected chi connectivity index (χ3v) is 7.07. The second-order valence-electron chi connectivity index (χ2n) is 10.1. The first-order valence-electron chi connectivity index (χ1n) is 13.1. The van der Waals surface area contributed by atoms with Gasteiger partial charge in [0.15, 0.2) is 0 Å². The predicted octanol–water partition coefficient (Wildman–Crippen LogP) is 2.83. The van der Waals surface area contributed by atoms with Gasteiger partial charge in [0.1, 0.15) is 5.75 Å². The van der Waals surface area contributed by atoms with E-state index in [0.717, 1.165) is 18.4 Å². The van der Waals surface area contributed by atoms with Gasteiger partial charge in [-0.3, -0.25) is 9.59 Å². The quantitative estimate of drug-likeness (QED) is 0.416. The number of rotatable bonds is 9. The molecule has 5 rings (SSSR count). The van der Waals surface area contributed by atoms with Crippen LogP contribution in [0.5, 0.6) is 5.75 Å². The molecule has 0 spiro atoms. The predicted molar refractivity (Wildman–Crippen MR) is 137 cm³/mol. The average molecular weight is 558 g/mol. The van der Waals surface area contributed by atoms with Crippen molar-refractivity contribution in [3.8, 4) is 11.4 Å². The van der Waals surface area contributed by atoms with Gasteiger partial charge in [-0.1, -0.05) is 30.3 Å². The molecule has 0 bridgehead atoms. The fourth-order valence-electron chi connectivity index (χ4n) is 4.87. The third-order valence-electron chi connectivity index (χ3n) is 7.07. The van der Waals surface area contributed by atoms with E-state index in [4.69, 9.17) is 4.74 Å². The van der Waals surface area contributed by atoms with Gasteiger partial charge in [0.2, 0.25) is 11.8 Å². The van der Waals surface area contributed by atoms with Crippen LogP contribution in [0.15, 0.2) is 48.5 Å². The average Bonchev–Trinajstić information content (AvgIpc) is 3.61. The van der Waals surface area contributed by atoms with Crippen LogP contribution in [0, 0.1) is 0 Å². The molecule has 0 unspecified atom stereocenters. The van der Waals surface area contributed by atoms with Crippen LogP contribution in [0.2, 0.25) is 0 Å².